The van der Waals surface area contributed by atoms with Crippen LogP contribution in [0.1, 0.15) is 36.7 Å². The Hall–Kier alpha value is -3.22. The van der Waals surface area contributed by atoms with E-state index in [9.17, 15) is 18.8 Å². The first-order chi connectivity index (χ1) is 13.3. The van der Waals surface area contributed by atoms with Gasteiger partial charge >= 0.3 is 0 Å². The minimum atomic E-state index is -0.740. The lowest BCUT2D eigenvalue weighted by Crippen LogP contribution is -2.49. The van der Waals surface area contributed by atoms with Crippen LogP contribution in [0.4, 0.5) is 10.1 Å². The third-order valence-corrected chi connectivity index (χ3v) is 4.06. The number of anilines is 1. The molecule has 0 spiro atoms. The number of carbonyl (C=O) groups excluding carboxylic acids is 3. The molecule has 148 valence electrons. The van der Waals surface area contributed by atoms with E-state index in [2.05, 4.69) is 16.0 Å². The SMILES string of the molecule is CC(=O)Nc1cccc(CNC(=O)C(NC(=O)c2ccc(F)cc2)C(C)C)c1. The summed E-state index contributed by atoms with van der Waals surface area (Å²) in [6, 6.07) is 11.5. The zero-order valence-corrected chi connectivity index (χ0v) is 16.1. The first kappa shape index (κ1) is 21.1. The van der Waals surface area contributed by atoms with Crippen molar-refractivity contribution >= 4 is 23.4 Å². The number of nitrogens with one attached hydrogen (secondary N) is 3. The number of benzene rings is 2. The lowest BCUT2D eigenvalue weighted by Gasteiger charge is -2.22. The summed E-state index contributed by atoms with van der Waals surface area (Å²) in [5, 5.41) is 8.18. The molecule has 0 aliphatic rings. The summed E-state index contributed by atoms with van der Waals surface area (Å²) in [4.78, 5) is 36.1. The van der Waals surface area contributed by atoms with E-state index in [1.54, 1.807) is 18.2 Å². The smallest absolute Gasteiger partial charge is 0.251 e. The summed E-state index contributed by atoms with van der Waals surface area (Å²) < 4.78 is 13.0. The largest absolute Gasteiger partial charge is 0.350 e. The lowest BCUT2D eigenvalue weighted by molar-refractivity contribution is -0.124. The van der Waals surface area contributed by atoms with Crippen LogP contribution in [-0.2, 0) is 16.1 Å². The zero-order chi connectivity index (χ0) is 20.7. The van der Waals surface area contributed by atoms with E-state index < -0.39 is 17.8 Å². The van der Waals surface area contributed by atoms with Crippen molar-refractivity contribution in [2.24, 2.45) is 5.92 Å². The summed E-state index contributed by atoms with van der Waals surface area (Å²) in [5.74, 6) is -1.52. The van der Waals surface area contributed by atoms with Gasteiger partial charge in [-0.15, -0.1) is 0 Å². The fourth-order valence-electron chi connectivity index (χ4n) is 2.62. The van der Waals surface area contributed by atoms with E-state index in [1.165, 1.54) is 31.2 Å². The molecule has 0 fully saturated rings. The lowest BCUT2D eigenvalue weighted by atomic mass is 10.0. The summed E-state index contributed by atoms with van der Waals surface area (Å²) in [5.41, 5.74) is 1.74. The van der Waals surface area contributed by atoms with E-state index in [1.807, 2.05) is 19.9 Å². The van der Waals surface area contributed by atoms with Crippen molar-refractivity contribution in [3.05, 3.63) is 65.5 Å². The third kappa shape index (κ3) is 6.19. The van der Waals surface area contributed by atoms with Crippen LogP contribution in [0.5, 0.6) is 0 Å². The normalized spacial score (nSPS) is 11.6. The van der Waals surface area contributed by atoms with Crippen LogP contribution in [0.3, 0.4) is 0 Å². The summed E-state index contributed by atoms with van der Waals surface area (Å²) in [6.07, 6.45) is 0. The number of rotatable bonds is 7. The van der Waals surface area contributed by atoms with Crippen molar-refractivity contribution in [2.75, 3.05) is 5.32 Å². The topological polar surface area (TPSA) is 87.3 Å². The highest BCUT2D eigenvalue weighted by molar-refractivity contribution is 5.97. The van der Waals surface area contributed by atoms with Gasteiger partial charge in [0.15, 0.2) is 0 Å². The molecule has 3 amide bonds. The van der Waals surface area contributed by atoms with E-state index >= 15 is 0 Å². The molecule has 0 heterocycles. The van der Waals surface area contributed by atoms with Gasteiger partial charge in [0.2, 0.25) is 11.8 Å². The Morgan fingerprint density at radius 3 is 2.32 bits per heavy atom. The minimum Gasteiger partial charge on any atom is -0.350 e. The minimum absolute atomic E-state index is 0.143. The molecule has 2 aromatic carbocycles. The molecule has 0 saturated heterocycles. The van der Waals surface area contributed by atoms with Crippen LogP contribution in [0.15, 0.2) is 48.5 Å². The molecular weight excluding hydrogens is 361 g/mol. The molecule has 2 aromatic rings. The zero-order valence-electron chi connectivity index (χ0n) is 16.1. The first-order valence-corrected chi connectivity index (χ1v) is 8.97. The predicted octanol–water partition coefficient (Wildman–Crippen LogP) is 2.85. The molecule has 6 nitrogen and oxygen atoms in total. The number of hydrogen-bond acceptors (Lipinski definition) is 3. The van der Waals surface area contributed by atoms with Crippen LogP contribution in [-0.4, -0.2) is 23.8 Å². The van der Waals surface area contributed by atoms with Gasteiger partial charge in [0.05, 0.1) is 0 Å². The Bertz CT molecular complexity index is 850. The second kappa shape index (κ2) is 9.64. The molecule has 1 atom stereocenters. The van der Waals surface area contributed by atoms with Crippen molar-refractivity contribution in [1.29, 1.82) is 0 Å². The highest BCUT2D eigenvalue weighted by atomic mass is 19.1. The van der Waals surface area contributed by atoms with Gasteiger partial charge in [-0.3, -0.25) is 14.4 Å². The number of hydrogen-bond donors (Lipinski definition) is 3. The molecule has 28 heavy (non-hydrogen) atoms. The maximum absolute atomic E-state index is 13.0. The van der Waals surface area contributed by atoms with Gasteiger partial charge in [-0.25, -0.2) is 4.39 Å². The summed E-state index contributed by atoms with van der Waals surface area (Å²) >= 11 is 0. The van der Waals surface area contributed by atoms with Crippen molar-refractivity contribution < 1.29 is 18.8 Å². The predicted molar refractivity (Wildman–Crippen MR) is 105 cm³/mol. The Balaban J connectivity index is 2.00. The molecule has 2 rings (SSSR count). The average Bonchev–Trinajstić information content (AvgIpc) is 2.64. The van der Waals surface area contributed by atoms with E-state index in [0.717, 1.165) is 5.56 Å². The van der Waals surface area contributed by atoms with Crippen LogP contribution >= 0.6 is 0 Å². The fraction of sp³-hybridized carbons (Fsp3) is 0.286. The van der Waals surface area contributed by atoms with Crippen LogP contribution in [0.25, 0.3) is 0 Å². The van der Waals surface area contributed by atoms with Crippen LogP contribution < -0.4 is 16.0 Å². The molecule has 0 bridgehead atoms. The van der Waals surface area contributed by atoms with Crippen molar-refractivity contribution in [3.63, 3.8) is 0 Å². The van der Waals surface area contributed by atoms with Gasteiger partial charge in [0, 0.05) is 24.7 Å². The molecule has 0 aromatic heterocycles. The standard InChI is InChI=1S/C21H24FN3O3/c1-13(2)19(25-20(27)16-7-9-17(22)10-8-16)21(28)23-12-15-5-4-6-18(11-15)24-14(3)26/h4-11,13,19H,12H2,1-3H3,(H,23,28)(H,24,26)(H,25,27). The van der Waals surface area contributed by atoms with Gasteiger partial charge < -0.3 is 16.0 Å². The van der Waals surface area contributed by atoms with E-state index in [-0.39, 0.29) is 29.8 Å². The Labute approximate surface area is 163 Å². The highest BCUT2D eigenvalue weighted by Gasteiger charge is 2.24. The summed E-state index contributed by atoms with van der Waals surface area (Å²) in [7, 11) is 0. The van der Waals surface area contributed by atoms with Crippen LogP contribution in [0.2, 0.25) is 0 Å². The Morgan fingerprint density at radius 2 is 1.71 bits per heavy atom. The van der Waals surface area contributed by atoms with Gasteiger partial charge in [0.1, 0.15) is 11.9 Å². The van der Waals surface area contributed by atoms with Gasteiger partial charge in [-0.05, 0) is 47.9 Å². The van der Waals surface area contributed by atoms with Gasteiger partial charge in [-0.2, -0.15) is 0 Å². The quantitative estimate of drug-likeness (QED) is 0.685. The number of halogens is 1. The fourth-order valence-corrected chi connectivity index (χ4v) is 2.62. The monoisotopic (exact) mass is 385 g/mol. The third-order valence-electron chi connectivity index (χ3n) is 4.06. The number of amides is 3. The molecule has 3 N–H and O–H groups in total. The molecular formula is C21H24FN3O3. The molecule has 0 aliphatic heterocycles. The van der Waals surface area contributed by atoms with Crippen molar-refractivity contribution in [2.45, 2.75) is 33.4 Å². The second-order valence-corrected chi connectivity index (χ2v) is 6.80. The van der Waals surface area contributed by atoms with E-state index in [0.29, 0.717) is 5.69 Å². The van der Waals surface area contributed by atoms with Gasteiger partial charge in [-0.1, -0.05) is 26.0 Å². The Morgan fingerprint density at radius 1 is 1.04 bits per heavy atom. The highest BCUT2D eigenvalue weighted by Crippen LogP contribution is 2.11. The molecule has 0 saturated carbocycles. The maximum Gasteiger partial charge on any atom is 0.251 e. The van der Waals surface area contributed by atoms with E-state index in [4.69, 9.17) is 0 Å². The molecule has 1 unspecified atom stereocenters. The maximum atomic E-state index is 13.0. The Kier molecular flexibility index (Phi) is 7.26. The number of carbonyl (C=O) groups is 3. The second-order valence-electron chi connectivity index (χ2n) is 6.80. The van der Waals surface area contributed by atoms with Crippen LogP contribution in [0, 0.1) is 11.7 Å². The molecule has 0 radical (unpaired) electrons. The van der Waals surface area contributed by atoms with Crippen molar-refractivity contribution in [1.82, 2.24) is 10.6 Å². The molecule has 0 aliphatic carbocycles. The molecule has 7 heteroatoms. The average molecular weight is 385 g/mol. The van der Waals surface area contributed by atoms with Gasteiger partial charge in [0.25, 0.3) is 5.91 Å². The van der Waals surface area contributed by atoms with Crippen molar-refractivity contribution in [3.8, 4) is 0 Å². The summed E-state index contributed by atoms with van der Waals surface area (Å²) in [6.45, 7) is 5.33. The first-order valence-electron chi connectivity index (χ1n) is 8.97.